The van der Waals surface area contributed by atoms with Gasteiger partial charge in [-0.3, -0.25) is 0 Å². The van der Waals surface area contributed by atoms with Crippen LogP contribution in [0.1, 0.15) is 46.0 Å². The van der Waals surface area contributed by atoms with E-state index >= 15 is 0 Å². The van der Waals surface area contributed by atoms with Gasteiger partial charge in [-0.2, -0.15) is 13.2 Å². The third-order valence-corrected chi connectivity index (χ3v) is 3.29. The van der Waals surface area contributed by atoms with Gasteiger partial charge in [-0.05, 0) is 31.2 Å². The van der Waals surface area contributed by atoms with Gasteiger partial charge in [0.25, 0.3) is 0 Å². The molecule has 0 aliphatic rings. The number of unbranched alkanes of at least 4 members (excludes halogenated alkanes) is 1. The quantitative estimate of drug-likeness (QED) is 0.640. The fraction of sp³-hybridized carbons (Fsp3) is 1.00. The van der Waals surface area contributed by atoms with E-state index in [1.165, 1.54) is 0 Å². The maximum Gasteiger partial charge on any atom is 0.411 e. The van der Waals surface area contributed by atoms with Crippen molar-refractivity contribution in [3.8, 4) is 0 Å². The summed E-state index contributed by atoms with van der Waals surface area (Å²) >= 11 is 0. The minimum Gasteiger partial charge on any atom is -0.372 e. The molecule has 0 aromatic heterocycles. The Hall–Kier alpha value is -0.290. The maximum absolute atomic E-state index is 11.9. The van der Waals surface area contributed by atoms with Crippen LogP contribution in [0.4, 0.5) is 13.2 Å². The van der Waals surface area contributed by atoms with Crippen LogP contribution in [-0.2, 0) is 4.74 Å². The van der Waals surface area contributed by atoms with Gasteiger partial charge >= 0.3 is 6.18 Å². The van der Waals surface area contributed by atoms with Crippen molar-refractivity contribution >= 4 is 0 Å². The third kappa shape index (κ3) is 7.60. The highest BCUT2D eigenvalue weighted by molar-refractivity contribution is 4.78. The minimum absolute atomic E-state index is 0.0540. The lowest BCUT2D eigenvalue weighted by molar-refractivity contribution is -0.175. The molecule has 0 aliphatic carbocycles. The van der Waals surface area contributed by atoms with Gasteiger partial charge in [0.15, 0.2) is 0 Å². The van der Waals surface area contributed by atoms with Crippen LogP contribution in [0.3, 0.4) is 0 Å². The lowest BCUT2D eigenvalue weighted by Gasteiger charge is -2.31. The summed E-state index contributed by atoms with van der Waals surface area (Å²) < 4.78 is 40.3. The van der Waals surface area contributed by atoms with Gasteiger partial charge in [-0.15, -0.1) is 0 Å². The molecule has 1 unspecified atom stereocenters. The van der Waals surface area contributed by atoms with Crippen LogP contribution in [0.25, 0.3) is 0 Å². The van der Waals surface area contributed by atoms with Crippen molar-refractivity contribution in [2.24, 2.45) is 11.1 Å². The SMILES string of the molecule is CCCCC(CC)(CN)CCOCC(F)(F)F. The molecule has 0 aliphatic heterocycles. The highest BCUT2D eigenvalue weighted by atomic mass is 19.4. The summed E-state index contributed by atoms with van der Waals surface area (Å²) in [6, 6.07) is 0. The second-order valence-electron chi connectivity index (χ2n) is 4.58. The Labute approximate surface area is 102 Å². The fourth-order valence-corrected chi connectivity index (χ4v) is 1.86. The summed E-state index contributed by atoms with van der Waals surface area (Å²) in [4.78, 5) is 0. The van der Waals surface area contributed by atoms with Crippen LogP contribution >= 0.6 is 0 Å². The zero-order valence-corrected chi connectivity index (χ0v) is 10.8. The maximum atomic E-state index is 11.9. The predicted octanol–water partition coefficient (Wildman–Crippen LogP) is 3.50. The van der Waals surface area contributed by atoms with Gasteiger partial charge in [0, 0.05) is 6.61 Å². The van der Waals surface area contributed by atoms with Crippen LogP contribution in [0.2, 0.25) is 0 Å². The van der Waals surface area contributed by atoms with Crippen molar-refractivity contribution in [1.82, 2.24) is 0 Å². The van der Waals surface area contributed by atoms with Crippen molar-refractivity contribution < 1.29 is 17.9 Å². The average Bonchev–Trinajstić information content (AvgIpc) is 2.28. The van der Waals surface area contributed by atoms with Gasteiger partial charge < -0.3 is 10.5 Å². The largest absolute Gasteiger partial charge is 0.411 e. The molecule has 0 fully saturated rings. The van der Waals surface area contributed by atoms with E-state index in [2.05, 4.69) is 11.7 Å². The Kier molecular flexibility index (Phi) is 7.79. The lowest BCUT2D eigenvalue weighted by Crippen LogP contribution is -2.32. The minimum atomic E-state index is -4.24. The Balaban J connectivity index is 3.99. The highest BCUT2D eigenvalue weighted by Gasteiger charge is 2.29. The Bertz CT molecular complexity index is 191. The molecule has 104 valence electrons. The Morgan fingerprint density at radius 2 is 1.76 bits per heavy atom. The van der Waals surface area contributed by atoms with Gasteiger partial charge in [-0.1, -0.05) is 26.7 Å². The molecule has 0 heterocycles. The number of hydrogen-bond donors (Lipinski definition) is 1. The summed E-state index contributed by atoms with van der Waals surface area (Å²) in [5.41, 5.74) is 5.70. The standard InChI is InChI=1S/C12H24F3NO/c1-3-5-6-11(4-2,9-16)7-8-17-10-12(13,14)15/h3-10,16H2,1-2H3. The first-order valence-corrected chi connectivity index (χ1v) is 6.23. The number of rotatable bonds is 9. The molecule has 0 aromatic carbocycles. The van der Waals surface area contributed by atoms with E-state index in [1.807, 2.05) is 6.92 Å². The van der Waals surface area contributed by atoms with Crippen molar-refractivity contribution in [2.45, 2.75) is 52.1 Å². The monoisotopic (exact) mass is 255 g/mol. The Morgan fingerprint density at radius 1 is 1.12 bits per heavy atom. The first-order chi connectivity index (χ1) is 7.89. The van der Waals surface area contributed by atoms with Crippen molar-refractivity contribution in [3.63, 3.8) is 0 Å². The van der Waals surface area contributed by atoms with E-state index < -0.39 is 12.8 Å². The van der Waals surface area contributed by atoms with E-state index in [-0.39, 0.29) is 12.0 Å². The van der Waals surface area contributed by atoms with Crippen molar-refractivity contribution in [1.29, 1.82) is 0 Å². The number of halogens is 3. The molecule has 1 atom stereocenters. The molecule has 5 heteroatoms. The molecule has 0 amide bonds. The fourth-order valence-electron chi connectivity index (χ4n) is 1.86. The molecule has 0 spiro atoms. The number of ether oxygens (including phenoxy) is 1. The summed E-state index contributed by atoms with van der Waals surface area (Å²) in [6.45, 7) is 3.61. The summed E-state index contributed by atoms with van der Waals surface area (Å²) in [6.07, 6.45) is 0.358. The number of hydrogen-bond acceptors (Lipinski definition) is 2. The van der Waals surface area contributed by atoms with Crippen LogP contribution < -0.4 is 5.73 Å². The normalized spacial score (nSPS) is 15.9. The molecule has 0 aromatic rings. The molecule has 17 heavy (non-hydrogen) atoms. The highest BCUT2D eigenvalue weighted by Crippen LogP contribution is 2.31. The van der Waals surface area contributed by atoms with Gasteiger partial charge in [0.05, 0.1) is 0 Å². The third-order valence-electron chi connectivity index (χ3n) is 3.29. The summed E-state index contributed by atoms with van der Waals surface area (Å²) in [5, 5.41) is 0. The van der Waals surface area contributed by atoms with Crippen molar-refractivity contribution in [2.75, 3.05) is 19.8 Å². The average molecular weight is 255 g/mol. The number of nitrogens with two attached hydrogens (primary N) is 1. The molecule has 0 saturated carbocycles. The van der Waals surface area contributed by atoms with E-state index in [4.69, 9.17) is 5.73 Å². The van der Waals surface area contributed by atoms with Gasteiger partial charge in [-0.25, -0.2) is 0 Å². The zero-order chi connectivity index (χ0) is 13.4. The molecule has 0 radical (unpaired) electrons. The van der Waals surface area contributed by atoms with Gasteiger partial charge in [0.2, 0.25) is 0 Å². The molecule has 0 bridgehead atoms. The predicted molar refractivity (Wildman–Crippen MR) is 62.8 cm³/mol. The first-order valence-electron chi connectivity index (χ1n) is 6.23. The second-order valence-corrected chi connectivity index (χ2v) is 4.58. The van der Waals surface area contributed by atoms with E-state index in [1.54, 1.807) is 0 Å². The van der Waals surface area contributed by atoms with Crippen molar-refractivity contribution in [3.05, 3.63) is 0 Å². The smallest absolute Gasteiger partial charge is 0.372 e. The molecular weight excluding hydrogens is 231 g/mol. The van der Waals surface area contributed by atoms with Crippen LogP contribution in [0, 0.1) is 5.41 Å². The molecule has 0 saturated heterocycles. The lowest BCUT2D eigenvalue weighted by atomic mass is 9.77. The molecule has 2 N–H and O–H groups in total. The summed E-state index contributed by atoms with van der Waals surface area (Å²) in [5.74, 6) is 0. The molecule has 0 rings (SSSR count). The van der Waals surface area contributed by atoms with Crippen LogP contribution in [-0.4, -0.2) is 25.9 Å². The van der Waals surface area contributed by atoms with E-state index in [0.29, 0.717) is 13.0 Å². The first kappa shape index (κ1) is 16.7. The van der Waals surface area contributed by atoms with Gasteiger partial charge in [0.1, 0.15) is 6.61 Å². The van der Waals surface area contributed by atoms with E-state index in [9.17, 15) is 13.2 Å². The second kappa shape index (κ2) is 7.93. The van der Waals surface area contributed by atoms with Crippen LogP contribution in [0.15, 0.2) is 0 Å². The van der Waals surface area contributed by atoms with E-state index in [0.717, 1.165) is 25.7 Å². The number of alkyl halides is 3. The summed E-state index contributed by atoms with van der Waals surface area (Å²) in [7, 11) is 0. The zero-order valence-electron chi connectivity index (χ0n) is 10.8. The van der Waals surface area contributed by atoms with Crippen LogP contribution in [0.5, 0.6) is 0 Å². The topological polar surface area (TPSA) is 35.2 Å². The molecular formula is C12H24F3NO. The molecule has 2 nitrogen and oxygen atoms in total. The Morgan fingerprint density at radius 3 is 2.18 bits per heavy atom.